The summed E-state index contributed by atoms with van der Waals surface area (Å²) in [6.07, 6.45) is 3.04. The second-order valence-corrected chi connectivity index (χ2v) is 5.07. The van der Waals surface area contributed by atoms with Crippen LogP contribution in [-0.2, 0) is 10.0 Å². The van der Waals surface area contributed by atoms with Crippen LogP contribution in [0.25, 0.3) is 0 Å². The molecular weight excluding hydrogens is 254 g/mol. The van der Waals surface area contributed by atoms with Crippen LogP contribution in [0.15, 0.2) is 41.6 Å². The van der Waals surface area contributed by atoms with Gasteiger partial charge in [-0.3, -0.25) is 4.98 Å². The highest BCUT2D eigenvalue weighted by molar-refractivity contribution is 7.89. The first-order chi connectivity index (χ1) is 8.48. The maximum atomic E-state index is 11.4. The van der Waals surface area contributed by atoms with E-state index in [0.717, 1.165) is 0 Å². The molecule has 0 saturated heterocycles. The van der Waals surface area contributed by atoms with Gasteiger partial charge in [-0.15, -0.1) is 0 Å². The van der Waals surface area contributed by atoms with Crippen molar-refractivity contribution in [2.75, 3.05) is 0 Å². The summed E-state index contributed by atoms with van der Waals surface area (Å²) in [5.74, 6) is 0.372. The summed E-state index contributed by atoms with van der Waals surface area (Å²) in [6.45, 7) is 1.74. The van der Waals surface area contributed by atoms with Crippen molar-refractivity contribution in [1.29, 1.82) is 0 Å². The van der Waals surface area contributed by atoms with E-state index < -0.39 is 10.0 Å². The summed E-state index contributed by atoms with van der Waals surface area (Å²) >= 11 is 0. The molecule has 0 amide bonds. The zero-order valence-corrected chi connectivity index (χ0v) is 10.4. The SMILES string of the molecule is Cc1ncccc1Oc1ncccc1S(N)(=O)=O. The van der Waals surface area contributed by atoms with E-state index >= 15 is 0 Å². The van der Waals surface area contributed by atoms with Gasteiger partial charge in [-0.2, -0.15) is 0 Å². The fourth-order valence-electron chi connectivity index (χ4n) is 1.35. The molecule has 0 radical (unpaired) electrons. The average molecular weight is 265 g/mol. The maximum absolute atomic E-state index is 11.4. The number of nitrogens with zero attached hydrogens (tertiary/aromatic N) is 2. The molecule has 0 aliphatic heterocycles. The zero-order valence-electron chi connectivity index (χ0n) is 9.57. The number of hydrogen-bond acceptors (Lipinski definition) is 5. The lowest BCUT2D eigenvalue weighted by Gasteiger charge is -2.09. The first-order valence-corrected chi connectivity index (χ1v) is 6.60. The molecule has 0 bridgehead atoms. The largest absolute Gasteiger partial charge is 0.436 e. The van der Waals surface area contributed by atoms with Crippen molar-refractivity contribution in [2.45, 2.75) is 11.8 Å². The van der Waals surface area contributed by atoms with Crippen LogP contribution in [0.4, 0.5) is 0 Å². The Morgan fingerprint density at radius 3 is 2.50 bits per heavy atom. The number of rotatable bonds is 3. The predicted molar refractivity (Wildman–Crippen MR) is 64.7 cm³/mol. The third-order valence-corrected chi connectivity index (χ3v) is 3.13. The summed E-state index contributed by atoms with van der Waals surface area (Å²) in [5, 5.41) is 5.09. The van der Waals surface area contributed by atoms with Crippen molar-refractivity contribution in [2.24, 2.45) is 5.14 Å². The summed E-state index contributed by atoms with van der Waals surface area (Å²) in [6, 6.07) is 6.16. The van der Waals surface area contributed by atoms with E-state index in [1.54, 1.807) is 25.3 Å². The number of aryl methyl sites for hydroxylation is 1. The smallest absolute Gasteiger partial charge is 0.243 e. The second-order valence-electron chi connectivity index (χ2n) is 3.54. The molecule has 2 heterocycles. The topological polar surface area (TPSA) is 95.2 Å². The minimum Gasteiger partial charge on any atom is -0.436 e. The van der Waals surface area contributed by atoms with Gasteiger partial charge in [0.25, 0.3) is 0 Å². The number of nitrogens with two attached hydrogens (primary N) is 1. The van der Waals surface area contributed by atoms with Crippen molar-refractivity contribution < 1.29 is 13.2 Å². The molecule has 2 rings (SSSR count). The van der Waals surface area contributed by atoms with Crippen molar-refractivity contribution >= 4 is 10.0 Å². The molecule has 0 saturated carbocycles. The van der Waals surface area contributed by atoms with Crippen LogP contribution in [0.1, 0.15) is 5.69 Å². The number of sulfonamides is 1. The maximum Gasteiger partial charge on any atom is 0.243 e. The van der Waals surface area contributed by atoms with Gasteiger partial charge < -0.3 is 4.74 Å². The number of pyridine rings is 2. The van der Waals surface area contributed by atoms with Crippen molar-refractivity contribution in [1.82, 2.24) is 9.97 Å². The van der Waals surface area contributed by atoms with Gasteiger partial charge in [-0.05, 0) is 31.2 Å². The van der Waals surface area contributed by atoms with E-state index in [9.17, 15) is 8.42 Å². The minimum absolute atomic E-state index is 0.0592. The number of ether oxygens (including phenoxy) is 1. The van der Waals surface area contributed by atoms with Crippen molar-refractivity contribution in [3.63, 3.8) is 0 Å². The first-order valence-electron chi connectivity index (χ1n) is 5.06. The average Bonchev–Trinajstić information content (AvgIpc) is 2.31. The lowest BCUT2D eigenvalue weighted by molar-refractivity contribution is 0.441. The van der Waals surface area contributed by atoms with Gasteiger partial charge in [0.05, 0.1) is 5.69 Å². The summed E-state index contributed by atoms with van der Waals surface area (Å²) < 4.78 is 28.2. The molecule has 2 aromatic rings. The lowest BCUT2D eigenvalue weighted by Crippen LogP contribution is -2.13. The second kappa shape index (κ2) is 4.71. The van der Waals surface area contributed by atoms with Crippen LogP contribution in [0.5, 0.6) is 11.6 Å². The van der Waals surface area contributed by atoms with E-state index in [0.29, 0.717) is 11.4 Å². The molecule has 18 heavy (non-hydrogen) atoms. The monoisotopic (exact) mass is 265 g/mol. The molecule has 0 unspecified atom stereocenters. The zero-order chi connectivity index (χ0) is 13.2. The summed E-state index contributed by atoms with van der Waals surface area (Å²) in [7, 11) is -3.87. The van der Waals surface area contributed by atoms with E-state index in [1.807, 2.05) is 0 Å². The Balaban J connectivity index is 2.45. The van der Waals surface area contributed by atoms with Crippen LogP contribution in [0.2, 0.25) is 0 Å². The molecule has 7 heteroatoms. The quantitative estimate of drug-likeness (QED) is 0.900. The molecule has 2 aromatic heterocycles. The molecule has 0 fully saturated rings. The van der Waals surface area contributed by atoms with Crippen molar-refractivity contribution in [3.8, 4) is 11.6 Å². The third-order valence-electron chi connectivity index (χ3n) is 2.21. The highest BCUT2D eigenvalue weighted by Crippen LogP contribution is 2.26. The van der Waals surface area contributed by atoms with E-state index in [-0.39, 0.29) is 10.8 Å². The Kier molecular flexibility index (Phi) is 3.26. The van der Waals surface area contributed by atoms with E-state index in [1.165, 1.54) is 18.3 Å². The summed E-state index contributed by atoms with van der Waals surface area (Å²) in [4.78, 5) is 7.75. The van der Waals surface area contributed by atoms with Gasteiger partial charge in [0, 0.05) is 12.4 Å². The van der Waals surface area contributed by atoms with Gasteiger partial charge in [0.15, 0.2) is 5.75 Å². The molecule has 94 valence electrons. The lowest BCUT2D eigenvalue weighted by atomic mass is 10.3. The van der Waals surface area contributed by atoms with Crippen LogP contribution >= 0.6 is 0 Å². The normalized spacial score (nSPS) is 11.2. The summed E-state index contributed by atoms with van der Waals surface area (Å²) in [5.41, 5.74) is 0.628. The van der Waals surface area contributed by atoms with Gasteiger partial charge in [0.1, 0.15) is 4.90 Å². The fraction of sp³-hybridized carbons (Fsp3) is 0.0909. The highest BCUT2D eigenvalue weighted by atomic mass is 32.2. The number of primary sulfonamides is 1. The van der Waals surface area contributed by atoms with Crippen LogP contribution in [-0.4, -0.2) is 18.4 Å². The Labute approximate surface area is 105 Å². The van der Waals surface area contributed by atoms with Crippen LogP contribution < -0.4 is 9.88 Å². The van der Waals surface area contributed by atoms with E-state index in [4.69, 9.17) is 9.88 Å². The Hall–Kier alpha value is -1.99. The molecule has 2 N–H and O–H groups in total. The highest BCUT2D eigenvalue weighted by Gasteiger charge is 2.17. The number of hydrogen-bond donors (Lipinski definition) is 1. The number of aromatic nitrogens is 2. The molecule has 0 spiro atoms. The van der Waals surface area contributed by atoms with Gasteiger partial charge in [-0.25, -0.2) is 18.5 Å². The minimum atomic E-state index is -3.87. The Morgan fingerprint density at radius 1 is 1.17 bits per heavy atom. The molecule has 0 aromatic carbocycles. The van der Waals surface area contributed by atoms with Gasteiger partial charge in [0.2, 0.25) is 15.9 Å². The van der Waals surface area contributed by atoms with Crippen LogP contribution in [0.3, 0.4) is 0 Å². The molecule has 0 aliphatic carbocycles. The van der Waals surface area contributed by atoms with Gasteiger partial charge >= 0.3 is 0 Å². The van der Waals surface area contributed by atoms with E-state index in [2.05, 4.69) is 9.97 Å². The van der Waals surface area contributed by atoms with Gasteiger partial charge in [-0.1, -0.05) is 0 Å². The Morgan fingerprint density at radius 2 is 1.83 bits per heavy atom. The fourth-order valence-corrected chi connectivity index (χ4v) is 1.96. The van der Waals surface area contributed by atoms with Crippen molar-refractivity contribution in [3.05, 3.63) is 42.4 Å². The molecule has 0 aliphatic rings. The first kappa shape index (κ1) is 12.5. The molecule has 0 atom stereocenters. The molecular formula is C11H11N3O3S. The standard InChI is InChI=1S/C11H11N3O3S/c1-8-9(4-2-6-13-8)17-11-10(18(12,15)16)5-3-7-14-11/h2-7H,1H3,(H2,12,15,16). The predicted octanol–water partition coefficient (Wildman–Crippen LogP) is 1.22. The molecule has 6 nitrogen and oxygen atoms in total. The Bertz CT molecular complexity index is 671. The third kappa shape index (κ3) is 2.63. The van der Waals surface area contributed by atoms with Crippen LogP contribution in [0, 0.1) is 6.92 Å².